The molecule has 1 aliphatic heterocycles. The van der Waals surface area contributed by atoms with Gasteiger partial charge in [-0.2, -0.15) is 4.31 Å². The van der Waals surface area contributed by atoms with E-state index in [4.69, 9.17) is 0 Å². The number of rotatable bonds is 2. The van der Waals surface area contributed by atoms with E-state index >= 15 is 0 Å². The van der Waals surface area contributed by atoms with Crippen LogP contribution in [0.15, 0.2) is 0 Å². The molecule has 0 N–H and O–H groups in total. The van der Waals surface area contributed by atoms with Crippen LogP contribution in [-0.4, -0.2) is 22.7 Å². The Labute approximate surface area is 106 Å². The van der Waals surface area contributed by atoms with E-state index in [0.29, 0.717) is 12.0 Å². The molecular weight excluding hydrogens is 330 g/mol. The molecular formula is C9H17Br2NOS. The van der Waals surface area contributed by atoms with Gasteiger partial charge in [0.05, 0.1) is 10.8 Å². The lowest BCUT2D eigenvalue weighted by Crippen LogP contribution is -2.29. The third kappa shape index (κ3) is 2.25. The summed E-state index contributed by atoms with van der Waals surface area (Å²) in [5, 5.41) is 0. The second kappa shape index (κ2) is 3.82. The summed E-state index contributed by atoms with van der Waals surface area (Å²) in [6.07, 6.45) is 0. The summed E-state index contributed by atoms with van der Waals surface area (Å²) >= 11 is 7.12. The van der Waals surface area contributed by atoms with Gasteiger partial charge in [0.1, 0.15) is 11.0 Å². The molecule has 0 aromatic carbocycles. The summed E-state index contributed by atoms with van der Waals surface area (Å²) in [6.45, 7) is 10.3. The van der Waals surface area contributed by atoms with Crippen LogP contribution in [0.25, 0.3) is 0 Å². The third-order valence-corrected chi connectivity index (χ3v) is 6.26. The standard InChI is InChI=1S/C9H17Br2NOS/c1-6(2)7-9(10,11)12(7)14(13)8(3,4)5/h6-7H,1-5H3/t7-,12?,14?/m0/s1. The van der Waals surface area contributed by atoms with Crippen LogP contribution >= 0.6 is 31.9 Å². The highest BCUT2D eigenvalue weighted by Gasteiger charge is 2.65. The van der Waals surface area contributed by atoms with Gasteiger partial charge in [-0.05, 0) is 26.7 Å². The van der Waals surface area contributed by atoms with Crippen molar-refractivity contribution in [2.24, 2.45) is 5.92 Å². The van der Waals surface area contributed by atoms with Gasteiger partial charge in [0.25, 0.3) is 0 Å². The van der Waals surface area contributed by atoms with Gasteiger partial charge in [-0.1, -0.05) is 45.7 Å². The minimum atomic E-state index is -0.958. The molecule has 1 aliphatic rings. The van der Waals surface area contributed by atoms with Crippen LogP contribution in [0.1, 0.15) is 34.6 Å². The monoisotopic (exact) mass is 345 g/mol. The highest BCUT2D eigenvalue weighted by atomic mass is 79.9. The second-order valence-electron chi connectivity index (χ2n) is 4.96. The van der Waals surface area contributed by atoms with E-state index in [0.717, 1.165) is 0 Å². The van der Waals surface area contributed by atoms with Crippen LogP contribution in [0.5, 0.6) is 0 Å². The summed E-state index contributed by atoms with van der Waals surface area (Å²) in [5.41, 5.74) is 0. The molecule has 3 atom stereocenters. The fourth-order valence-electron chi connectivity index (χ4n) is 1.42. The maximum Gasteiger partial charge on any atom is 0.160 e. The first-order valence-corrected chi connectivity index (χ1v) is 7.38. The van der Waals surface area contributed by atoms with Gasteiger partial charge in [0.2, 0.25) is 0 Å². The highest BCUT2D eigenvalue weighted by Crippen LogP contribution is 2.57. The van der Waals surface area contributed by atoms with Gasteiger partial charge in [0, 0.05) is 0 Å². The molecule has 1 saturated heterocycles. The fraction of sp³-hybridized carbons (Fsp3) is 1.00. The molecule has 0 spiro atoms. The van der Waals surface area contributed by atoms with Crippen molar-refractivity contribution in [3.63, 3.8) is 0 Å². The summed E-state index contributed by atoms with van der Waals surface area (Å²) in [4.78, 5) is 0. The molecule has 0 bridgehead atoms. The lowest BCUT2D eigenvalue weighted by Gasteiger charge is -2.19. The molecule has 0 saturated carbocycles. The SMILES string of the molecule is CC(C)[C@@H]1N(S(=O)C(C)(C)C)C1(Br)Br. The lowest BCUT2D eigenvalue weighted by molar-refractivity contribution is 0.547. The van der Waals surface area contributed by atoms with Crippen LogP contribution in [0.3, 0.4) is 0 Å². The van der Waals surface area contributed by atoms with Gasteiger partial charge >= 0.3 is 0 Å². The topological polar surface area (TPSA) is 20.1 Å². The van der Waals surface area contributed by atoms with Crippen molar-refractivity contribution >= 4 is 42.8 Å². The Kier molecular flexibility index (Phi) is 3.59. The normalized spacial score (nSPS) is 33.1. The van der Waals surface area contributed by atoms with Gasteiger partial charge in [-0.15, -0.1) is 0 Å². The first-order chi connectivity index (χ1) is 6.10. The van der Waals surface area contributed by atoms with Gasteiger partial charge in [0.15, 0.2) is 3.36 Å². The van der Waals surface area contributed by atoms with E-state index < -0.39 is 11.0 Å². The van der Waals surface area contributed by atoms with E-state index in [9.17, 15) is 4.21 Å². The fourth-order valence-corrected chi connectivity index (χ4v) is 5.66. The summed E-state index contributed by atoms with van der Waals surface area (Å²) < 4.78 is 13.7. The van der Waals surface area contributed by atoms with Gasteiger partial charge in [-0.25, -0.2) is 4.21 Å². The average molecular weight is 347 g/mol. The third-order valence-electron chi connectivity index (χ3n) is 2.17. The van der Waals surface area contributed by atoms with E-state index in [1.807, 2.05) is 25.1 Å². The molecule has 2 unspecified atom stereocenters. The smallest absolute Gasteiger partial charge is 0.160 e. The predicted octanol–water partition coefficient (Wildman–Crippen LogP) is 3.23. The molecule has 0 aliphatic carbocycles. The Morgan fingerprint density at radius 1 is 1.36 bits per heavy atom. The Bertz CT molecular complexity index is 260. The van der Waals surface area contributed by atoms with E-state index in [2.05, 4.69) is 45.7 Å². The summed E-state index contributed by atoms with van der Waals surface area (Å²) in [5.74, 6) is 0.486. The van der Waals surface area contributed by atoms with Crippen molar-refractivity contribution in [1.82, 2.24) is 4.31 Å². The molecule has 1 rings (SSSR count). The number of nitrogens with zero attached hydrogens (tertiary/aromatic N) is 1. The van der Waals surface area contributed by atoms with Crippen LogP contribution in [0.4, 0.5) is 0 Å². The number of halogens is 2. The Hall–Kier alpha value is 1.07. The molecule has 5 heteroatoms. The Morgan fingerprint density at radius 2 is 1.79 bits per heavy atom. The van der Waals surface area contributed by atoms with Gasteiger partial charge in [-0.3, -0.25) is 0 Å². The van der Waals surface area contributed by atoms with Crippen molar-refractivity contribution in [3.8, 4) is 0 Å². The van der Waals surface area contributed by atoms with Crippen molar-refractivity contribution < 1.29 is 4.21 Å². The molecule has 84 valence electrons. The van der Waals surface area contributed by atoms with E-state index in [-0.39, 0.29) is 8.10 Å². The minimum Gasteiger partial charge on any atom is -0.242 e. The van der Waals surface area contributed by atoms with Crippen molar-refractivity contribution in [2.45, 2.75) is 48.8 Å². The zero-order chi connectivity index (χ0) is 11.3. The predicted molar refractivity (Wildman–Crippen MR) is 68.9 cm³/mol. The molecule has 0 aromatic rings. The second-order valence-corrected chi connectivity index (χ2v) is 10.6. The van der Waals surface area contributed by atoms with Crippen LogP contribution in [0.2, 0.25) is 0 Å². The Balaban J connectivity index is 2.80. The van der Waals surface area contributed by atoms with E-state index in [1.54, 1.807) is 0 Å². The van der Waals surface area contributed by atoms with Crippen LogP contribution in [-0.2, 0) is 11.0 Å². The molecule has 14 heavy (non-hydrogen) atoms. The highest BCUT2D eigenvalue weighted by molar-refractivity contribution is 9.25. The van der Waals surface area contributed by atoms with Crippen LogP contribution in [0, 0.1) is 5.92 Å². The van der Waals surface area contributed by atoms with Crippen molar-refractivity contribution in [2.75, 3.05) is 0 Å². The number of hydrogen-bond donors (Lipinski definition) is 0. The zero-order valence-corrected chi connectivity index (χ0v) is 13.2. The molecule has 1 heterocycles. The van der Waals surface area contributed by atoms with Crippen molar-refractivity contribution in [3.05, 3.63) is 0 Å². The zero-order valence-electron chi connectivity index (χ0n) is 9.17. The average Bonchev–Trinajstić information content (AvgIpc) is 2.49. The summed E-state index contributed by atoms with van der Waals surface area (Å²) in [7, 11) is -0.958. The maximum absolute atomic E-state index is 12.1. The van der Waals surface area contributed by atoms with Gasteiger partial charge < -0.3 is 0 Å². The number of hydrogen-bond acceptors (Lipinski definition) is 1. The minimum absolute atomic E-state index is 0.198. The van der Waals surface area contributed by atoms with E-state index in [1.165, 1.54) is 0 Å². The largest absolute Gasteiger partial charge is 0.242 e. The number of alkyl halides is 2. The molecule has 1 fully saturated rings. The molecule has 0 amide bonds. The molecule has 0 aromatic heterocycles. The molecule has 0 radical (unpaired) electrons. The molecule has 2 nitrogen and oxygen atoms in total. The first kappa shape index (κ1) is 13.1. The lowest BCUT2D eigenvalue weighted by atomic mass is 10.1. The van der Waals surface area contributed by atoms with Crippen LogP contribution < -0.4 is 0 Å². The quantitative estimate of drug-likeness (QED) is 0.427. The maximum atomic E-state index is 12.1. The summed E-state index contributed by atoms with van der Waals surface area (Å²) in [6, 6.07) is 0.308. The first-order valence-electron chi connectivity index (χ1n) is 4.69. The van der Waals surface area contributed by atoms with Crippen molar-refractivity contribution in [1.29, 1.82) is 0 Å². The Morgan fingerprint density at radius 3 is 2.00 bits per heavy atom.